The van der Waals surface area contributed by atoms with Crippen LogP contribution in [0.15, 0.2) is 89.3 Å². The third-order valence-corrected chi connectivity index (χ3v) is 5.03. The first-order chi connectivity index (χ1) is 14.3. The fourth-order valence-corrected chi connectivity index (χ4v) is 3.58. The van der Waals surface area contributed by atoms with Crippen LogP contribution in [0, 0.1) is 0 Å². The van der Waals surface area contributed by atoms with E-state index in [2.05, 4.69) is 17.4 Å². The highest BCUT2D eigenvalue weighted by Gasteiger charge is 2.13. The normalized spacial score (nSPS) is 11.2. The van der Waals surface area contributed by atoms with E-state index >= 15 is 0 Å². The minimum absolute atomic E-state index is 0.243. The molecule has 4 heteroatoms. The summed E-state index contributed by atoms with van der Waals surface area (Å²) in [5, 5.41) is 8.30. The van der Waals surface area contributed by atoms with Crippen molar-refractivity contribution in [3.63, 3.8) is 0 Å². The van der Waals surface area contributed by atoms with Crippen molar-refractivity contribution in [2.75, 3.05) is 13.2 Å². The van der Waals surface area contributed by atoms with E-state index in [0.29, 0.717) is 24.5 Å². The van der Waals surface area contributed by atoms with E-state index in [1.165, 1.54) is 5.39 Å². The van der Waals surface area contributed by atoms with E-state index in [9.17, 15) is 4.79 Å². The molecule has 0 spiro atoms. The summed E-state index contributed by atoms with van der Waals surface area (Å²) in [6, 6.07) is 27.9. The Kier molecular flexibility index (Phi) is 4.37. The molecular weight excluding hydrogens is 362 g/mol. The van der Waals surface area contributed by atoms with Crippen LogP contribution in [0.1, 0.15) is 10.6 Å². The molecule has 1 aromatic heterocycles. The van der Waals surface area contributed by atoms with E-state index in [1.807, 2.05) is 66.7 Å². The second-order valence-corrected chi connectivity index (χ2v) is 6.92. The smallest absolute Gasteiger partial charge is 0.287 e. The summed E-state index contributed by atoms with van der Waals surface area (Å²) < 4.78 is 11.5. The van der Waals surface area contributed by atoms with Gasteiger partial charge in [-0.05, 0) is 45.8 Å². The summed E-state index contributed by atoms with van der Waals surface area (Å²) in [5.74, 6) is 0.850. The van der Waals surface area contributed by atoms with Crippen molar-refractivity contribution in [2.45, 2.75) is 0 Å². The van der Waals surface area contributed by atoms with E-state index in [1.54, 1.807) is 6.07 Å². The minimum Gasteiger partial charge on any atom is -0.492 e. The largest absolute Gasteiger partial charge is 0.492 e. The number of carbonyl (C=O) groups excluding carboxylic acids is 1. The number of carbonyl (C=O) groups is 1. The number of amides is 1. The van der Waals surface area contributed by atoms with Crippen molar-refractivity contribution in [3.8, 4) is 5.75 Å². The second-order valence-electron chi connectivity index (χ2n) is 6.92. The Labute approximate surface area is 167 Å². The molecule has 1 amide bonds. The number of ether oxygens (including phenoxy) is 1. The van der Waals surface area contributed by atoms with Gasteiger partial charge in [0.25, 0.3) is 5.91 Å². The third-order valence-electron chi connectivity index (χ3n) is 5.03. The summed E-state index contributed by atoms with van der Waals surface area (Å²) in [4.78, 5) is 12.5. The molecule has 5 rings (SSSR count). The van der Waals surface area contributed by atoms with Crippen LogP contribution in [0.5, 0.6) is 5.75 Å². The molecule has 4 aromatic carbocycles. The molecule has 0 bridgehead atoms. The van der Waals surface area contributed by atoms with Crippen LogP contribution in [-0.4, -0.2) is 19.1 Å². The third kappa shape index (κ3) is 3.41. The topological polar surface area (TPSA) is 51.5 Å². The predicted octanol–water partition coefficient (Wildman–Crippen LogP) is 5.55. The van der Waals surface area contributed by atoms with Gasteiger partial charge in [0.2, 0.25) is 0 Å². The van der Waals surface area contributed by atoms with E-state index < -0.39 is 0 Å². The molecule has 1 N–H and O–H groups in total. The monoisotopic (exact) mass is 381 g/mol. The van der Waals surface area contributed by atoms with Crippen LogP contribution in [0.2, 0.25) is 0 Å². The van der Waals surface area contributed by atoms with Crippen LogP contribution in [0.4, 0.5) is 0 Å². The van der Waals surface area contributed by atoms with Crippen molar-refractivity contribution in [1.82, 2.24) is 5.32 Å². The number of benzene rings is 4. The Morgan fingerprint density at radius 2 is 1.55 bits per heavy atom. The number of rotatable bonds is 5. The van der Waals surface area contributed by atoms with Crippen LogP contribution >= 0.6 is 0 Å². The first-order valence-electron chi connectivity index (χ1n) is 9.59. The second kappa shape index (κ2) is 7.32. The highest BCUT2D eigenvalue weighted by molar-refractivity contribution is 6.08. The molecule has 4 nitrogen and oxygen atoms in total. The van der Waals surface area contributed by atoms with E-state index in [4.69, 9.17) is 9.15 Å². The lowest BCUT2D eigenvalue weighted by Crippen LogP contribution is -2.27. The first kappa shape index (κ1) is 17.3. The average molecular weight is 381 g/mol. The number of fused-ring (bicyclic) bond motifs is 4. The Hall–Kier alpha value is -3.79. The van der Waals surface area contributed by atoms with Gasteiger partial charge in [0.05, 0.1) is 6.54 Å². The molecule has 0 fully saturated rings. The van der Waals surface area contributed by atoms with Crippen LogP contribution < -0.4 is 10.1 Å². The predicted molar refractivity (Wildman–Crippen MR) is 115 cm³/mol. The van der Waals surface area contributed by atoms with Gasteiger partial charge in [0, 0.05) is 5.39 Å². The minimum atomic E-state index is -0.243. The van der Waals surface area contributed by atoms with Crippen molar-refractivity contribution in [3.05, 3.63) is 90.7 Å². The fraction of sp³-hybridized carbons (Fsp3) is 0.0800. The zero-order valence-electron chi connectivity index (χ0n) is 15.7. The molecule has 142 valence electrons. The number of nitrogens with one attached hydrogen (secondary N) is 1. The van der Waals surface area contributed by atoms with Gasteiger partial charge in [-0.15, -0.1) is 0 Å². The lowest BCUT2D eigenvalue weighted by molar-refractivity contribution is 0.0921. The molecule has 0 aliphatic carbocycles. The molecule has 5 aromatic rings. The van der Waals surface area contributed by atoms with Crippen molar-refractivity contribution in [1.29, 1.82) is 0 Å². The lowest BCUT2D eigenvalue weighted by atomic mass is 10.1. The molecule has 1 heterocycles. The summed E-state index contributed by atoms with van der Waals surface area (Å²) >= 11 is 0. The zero-order chi connectivity index (χ0) is 19.6. The van der Waals surface area contributed by atoms with Crippen molar-refractivity contribution >= 4 is 38.4 Å². The highest BCUT2D eigenvalue weighted by Crippen LogP contribution is 2.28. The maximum absolute atomic E-state index is 12.5. The van der Waals surface area contributed by atoms with Crippen LogP contribution in [-0.2, 0) is 0 Å². The molecule has 0 unspecified atom stereocenters. The van der Waals surface area contributed by atoms with Crippen LogP contribution in [0.25, 0.3) is 32.5 Å². The molecule has 29 heavy (non-hydrogen) atoms. The Morgan fingerprint density at radius 1 is 0.793 bits per heavy atom. The molecule has 0 atom stereocenters. The SMILES string of the molecule is O=C(NCCOc1ccc2ccccc2c1)c1cc2c(ccc3ccccc32)o1. The van der Waals surface area contributed by atoms with Gasteiger partial charge in [-0.1, -0.05) is 60.7 Å². The Bertz CT molecular complexity index is 1340. The summed E-state index contributed by atoms with van der Waals surface area (Å²) in [6.07, 6.45) is 0. The average Bonchev–Trinajstić information content (AvgIpc) is 3.21. The van der Waals surface area contributed by atoms with Gasteiger partial charge in [0.1, 0.15) is 17.9 Å². The Morgan fingerprint density at radius 3 is 2.45 bits per heavy atom. The van der Waals surface area contributed by atoms with Gasteiger partial charge < -0.3 is 14.5 Å². The fourth-order valence-electron chi connectivity index (χ4n) is 3.58. The van der Waals surface area contributed by atoms with Gasteiger partial charge in [0.15, 0.2) is 5.76 Å². The number of hydrogen-bond donors (Lipinski definition) is 1. The number of furan rings is 1. The quantitative estimate of drug-likeness (QED) is 0.406. The maximum atomic E-state index is 12.5. The maximum Gasteiger partial charge on any atom is 0.287 e. The summed E-state index contributed by atoms with van der Waals surface area (Å²) in [5.41, 5.74) is 0.710. The molecule has 0 saturated heterocycles. The van der Waals surface area contributed by atoms with Crippen molar-refractivity contribution in [2.24, 2.45) is 0 Å². The lowest BCUT2D eigenvalue weighted by Gasteiger charge is -2.08. The Balaban J connectivity index is 1.24. The summed E-state index contributed by atoms with van der Waals surface area (Å²) in [6.45, 7) is 0.774. The molecular formula is C25H19NO3. The highest BCUT2D eigenvalue weighted by atomic mass is 16.5. The van der Waals surface area contributed by atoms with E-state index in [-0.39, 0.29) is 5.91 Å². The van der Waals surface area contributed by atoms with Crippen molar-refractivity contribution < 1.29 is 13.9 Å². The zero-order valence-corrected chi connectivity index (χ0v) is 15.7. The van der Waals surface area contributed by atoms with Crippen LogP contribution in [0.3, 0.4) is 0 Å². The van der Waals surface area contributed by atoms with E-state index in [0.717, 1.165) is 27.3 Å². The molecule has 0 radical (unpaired) electrons. The first-order valence-corrected chi connectivity index (χ1v) is 9.59. The summed E-state index contributed by atoms with van der Waals surface area (Å²) in [7, 11) is 0. The molecule has 0 aliphatic rings. The van der Waals surface area contributed by atoms with Gasteiger partial charge in [-0.3, -0.25) is 4.79 Å². The number of hydrogen-bond acceptors (Lipinski definition) is 3. The van der Waals surface area contributed by atoms with Gasteiger partial charge in [-0.25, -0.2) is 0 Å². The molecule has 0 saturated carbocycles. The van der Waals surface area contributed by atoms with Gasteiger partial charge >= 0.3 is 0 Å². The van der Waals surface area contributed by atoms with Gasteiger partial charge in [-0.2, -0.15) is 0 Å². The standard InChI is InChI=1S/C25H19NO3/c27-25(24-16-22-21-8-4-3-6-18(21)10-12-23(22)29-24)26-13-14-28-20-11-9-17-5-1-2-7-19(17)15-20/h1-12,15-16H,13-14H2,(H,26,27). The molecule has 0 aliphatic heterocycles.